The van der Waals surface area contributed by atoms with Crippen molar-refractivity contribution in [1.82, 2.24) is 9.88 Å². The van der Waals surface area contributed by atoms with Crippen LogP contribution in [0.15, 0.2) is 5.38 Å². The molecule has 17 heavy (non-hydrogen) atoms. The third-order valence-electron chi connectivity index (χ3n) is 3.82. The molecule has 0 aliphatic carbocycles. The molecule has 2 aliphatic rings. The van der Waals surface area contributed by atoms with Gasteiger partial charge in [-0.05, 0) is 25.8 Å². The lowest BCUT2D eigenvalue weighted by molar-refractivity contribution is 0.273. The van der Waals surface area contributed by atoms with Crippen molar-refractivity contribution in [1.29, 1.82) is 0 Å². The summed E-state index contributed by atoms with van der Waals surface area (Å²) in [5.41, 5.74) is 6.65. The van der Waals surface area contributed by atoms with Gasteiger partial charge in [-0.15, -0.1) is 11.3 Å². The number of thiazole rings is 1. The molecule has 1 aromatic rings. The van der Waals surface area contributed by atoms with Gasteiger partial charge < -0.3 is 10.6 Å². The Kier molecular flexibility index (Phi) is 3.31. The molecule has 0 saturated carbocycles. The summed E-state index contributed by atoms with van der Waals surface area (Å²) < 4.78 is 0. The van der Waals surface area contributed by atoms with Crippen molar-refractivity contribution in [2.24, 2.45) is 5.73 Å². The van der Waals surface area contributed by atoms with E-state index in [2.05, 4.69) is 20.2 Å². The first kappa shape index (κ1) is 11.4. The first-order chi connectivity index (χ1) is 8.36. The minimum Gasteiger partial charge on any atom is -0.346 e. The third-order valence-corrected chi connectivity index (χ3v) is 4.77. The molecule has 1 atom stereocenters. The van der Waals surface area contributed by atoms with Gasteiger partial charge in [0.2, 0.25) is 0 Å². The maximum Gasteiger partial charge on any atom is 0.185 e. The first-order valence-electron chi connectivity index (χ1n) is 6.50. The van der Waals surface area contributed by atoms with Gasteiger partial charge in [0.25, 0.3) is 0 Å². The predicted octanol–water partition coefficient (Wildman–Crippen LogP) is 1.28. The SMILES string of the molecule is NCc1csc(N2CCCN3CCCC3C2)n1. The molecule has 5 heteroatoms. The number of anilines is 1. The van der Waals surface area contributed by atoms with E-state index in [1.54, 1.807) is 11.3 Å². The van der Waals surface area contributed by atoms with Crippen molar-refractivity contribution in [3.05, 3.63) is 11.1 Å². The van der Waals surface area contributed by atoms with E-state index in [4.69, 9.17) is 5.73 Å². The van der Waals surface area contributed by atoms with Crippen LogP contribution in [0.3, 0.4) is 0 Å². The van der Waals surface area contributed by atoms with E-state index in [9.17, 15) is 0 Å². The molecular weight excluding hydrogens is 232 g/mol. The van der Waals surface area contributed by atoms with Crippen molar-refractivity contribution < 1.29 is 0 Å². The maximum atomic E-state index is 5.63. The zero-order chi connectivity index (χ0) is 11.7. The average molecular weight is 252 g/mol. The number of nitrogens with two attached hydrogens (primary N) is 1. The van der Waals surface area contributed by atoms with Crippen molar-refractivity contribution in [3.8, 4) is 0 Å². The van der Waals surface area contributed by atoms with Crippen LogP contribution in [0.5, 0.6) is 0 Å². The van der Waals surface area contributed by atoms with E-state index >= 15 is 0 Å². The number of nitrogens with zero attached hydrogens (tertiary/aromatic N) is 3. The largest absolute Gasteiger partial charge is 0.346 e. The molecule has 3 heterocycles. The standard InChI is InChI=1S/C12H20N4S/c13-7-10-9-17-12(14-10)16-6-2-5-15-4-1-3-11(15)8-16/h9,11H,1-8,13H2. The van der Waals surface area contributed by atoms with Crippen LogP contribution in [0.2, 0.25) is 0 Å². The zero-order valence-corrected chi connectivity index (χ0v) is 11.0. The van der Waals surface area contributed by atoms with Crippen LogP contribution >= 0.6 is 11.3 Å². The number of hydrogen-bond acceptors (Lipinski definition) is 5. The maximum absolute atomic E-state index is 5.63. The molecule has 4 nitrogen and oxygen atoms in total. The van der Waals surface area contributed by atoms with Crippen molar-refractivity contribution in [3.63, 3.8) is 0 Å². The minimum absolute atomic E-state index is 0.555. The predicted molar refractivity (Wildman–Crippen MR) is 71.4 cm³/mol. The Morgan fingerprint density at radius 3 is 3.06 bits per heavy atom. The fourth-order valence-corrected chi connectivity index (χ4v) is 3.79. The lowest BCUT2D eigenvalue weighted by Gasteiger charge is -2.25. The summed E-state index contributed by atoms with van der Waals surface area (Å²) >= 11 is 1.74. The van der Waals surface area contributed by atoms with E-state index in [1.807, 2.05) is 0 Å². The highest BCUT2D eigenvalue weighted by atomic mass is 32.1. The van der Waals surface area contributed by atoms with E-state index in [0.717, 1.165) is 24.8 Å². The van der Waals surface area contributed by atoms with Gasteiger partial charge in [-0.3, -0.25) is 4.90 Å². The summed E-state index contributed by atoms with van der Waals surface area (Å²) in [7, 11) is 0. The van der Waals surface area contributed by atoms with Crippen LogP contribution < -0.4 is 10.6 Å². The first-order valence-corrected chi connectivity index (χ1v) is 7.38. The highest BCUT2D eigenvalue weighted by Crippen LogP contribution is 2.27. The van der Waals surface area contributed by atoms with Crippen LogP contribution in [0, 0.1) is 0 Å². The van der Waals surface area contributed by atoms with Crippen molar-refractivity contribution in [2.75, 3.05) is 31.1 Å². The molecule has 2 saturated heterocycles. The second kappa shape index (κ2) is 4.92. The molecule has 2 N–H and O–H groups in total. The van der Waals surface area contributed by atoms with Gasteiger partial charge in [-0.25, -0.2) is 4.98 Å². The van der Waals surface area contributed by atoms with Crippen LogP contribution in [0.1, 0.15) is 25.0 Å². The molecule has 0 amide bonds. The van der Waals surface area contributed by atoms with E-state index in [0.29, 0.717) is 6.54 Å². The molecule has 1 unspecified atom stereocenters. The summed E-state index contributed by atoms with van der Waals surface area (Å²) in [4.78, 5) is 9.72. The topological polar surface area (TPSA) is 45.4 Å². The van der Waals surface area contributed by atoms with E-state index in [-0.39, 0.29) is 0 Å². The van der Waals surface area contributed by atoms with E-state index < -0.39 is 0 Å². The molecular formula is C12H20N4S. The molecule has 2 aliphatic heterocycles. The number of hydrogen-bond donors (Lipinski definition) is 1. The summed E-state index contributed by atoms with van der Waals surface area (Å²) in [5, 5.41) is 3.26. The van der Waals surface area contributed by atoms with Crippen LogP contribution in [0.25, 0.3) is 0 Å². The Hall–Kier alpha value is -0.650. The Morgan fingerprint density at radius 2 is 2.24 bits per heavy atom. The highest BCUT2D eigenvalue weighted by Gasteiger charge is 2.29. The summed E-state index contributed by atoms with van der Waals surface area (Å²) in [5.74, 6) is 0. The monoisotopic (exact) mass is 252 g/mol. The second-order valence-corrected chi connectivity index (χ2v) is 5.79. The van der Waals surface area contributed by atoms with Gasteiger partial charge in [-0.2, -0.15) is 0 Å². The average Bonchev–Trinajstić information content (AvgIpc) is 2.94. The smallest absolute Gasteiger partial charge is 0.185 e. The van der Waals surface area contributed by atoms with Crippen molar-refractivity contribution in [2.45, 2.75) is 31.8 Å². The Balaban J connectivity index is 1.74. The van der Waals surface area contributed by atoms with Crippen LogP contribution in [-0.2, 0) is 6.54 Å². The summed E-state index contributed by atoms with van der Waals surface area (Å²) in [6.07, 6.45) is 3.98. The normalized spacial score (nSPS) is 25.9. The number of aromatic nitrogens is 1. The highest BCUT2D eigenvalue weighted by molar-refractivity contribution is 7.13. The molecule has 2 fully saturated rings. The van der Waals surface area contributed by atoms with Gasteiger partial charge >= 0.3 is 0 Å². The Morgan fingerprint density at radius 1 is 1.35 bits per heavy atom. The minimum atomic E-state index is 0.555. The summed E-state index contributed by atoms with van der Waals surface area (Å²) in [6.45, 7) is 5.41. The number of fused-ring (bicyclic) bond motifs is 1. The van der Waals surface area contributed by atoms with Crippen LogP contribution in [-0.4, -0.2) is 42.1 Å². The van der Waals surface area contributed by atoms with Crippen molar-refractivity contribution >= 4 is 16.5 Å². The Labute approximate surface area is 106 Å². The molecule has 3 rings (SSSR count). The lowest BCUT2D eigenvalue weighted by Crippen LogP contribution is -2.36. The molecule has 1 aromatic heterocycles. The van der Waals surface area contributed by atoms with Gasteiger partial charge in [0.15, 0.2) is 5.13 Å². The number of rotatable bonds is 2. The fraction of sp³-hybridized carbons (Fsp3) is 0.750. The quantitative estimate of drug-likeness (QED) is 0.861. The molecule has 0 aromatic carbocycles. The van der Waals surface area contributed by atoms with Gasteiger partial charge in [0.05, 0.1) is 5.69 Å². The van der Waals surface area contributed by atoms with Gasteiger partial charge in [0.1, 0.15) is 0 Å². The van der Waals surface area contributed by atoms with Gasteiger partial charge in [-0.1, -0.05) is 0 Å². The van der Waals surface area contributed by atoms with Gasteiger partial charge in [0, 0.05) is 37.6 Å². The second-order valence-electron chi connectivity index (χ2n) is 4.96. The third kappa shape index (κ3) is 2.32. The zero-order valence-electron chi connectivity index (χ0n) is 10.1. The fourth-order valence-electron chi connectivity index (χ4n) is 2.92. The lowest BCUT2D eigenvalue weighted by atomic mass is 10.2. The molecule has 94 valence electrons. The molecule has 0 spiro atoms. The summed E-state index contributed by atoms with van der Waals surface area (Å²) in [6, 6.07) is 0.753. The van der Waals surface area contributed by atoms with Crippen LogP contribution in [0.4, 0.5) is 5.13 Å². The molecule has 0 radical (unpaired) electrons. The molecule has 0 bridgehead atoms. The van der Waals surface area contributed by atoms with E-state index in [1.165, 1.54) is 37.5 Å². The Bertz CT molecular complexity index is 378.